The van der Waals surface area contributed by atoms with Gasteiger partial charge in [-0.25, -0.2) is 8.42 Å². The van der Waals surface area contributed by atoms with Gasteiger partial charge in [0.2, 0.25) is 10.0 Å². The molecule has 0 saturated carbocycles. The Hall–Kier alpha value is -1.85. The van der Waals surface area contributed by atoms with Gasteiger partial charge >= 0.3 is 0 Å². The second-order valence-electron chi connectivity index (χ2n) is 4.32. The van der Waals surface area contributed by atoms with E-state index in [0.717, 1.165) is 5.56 Å². The molecule has 2 rings (SSSR count). The lowest BCUT2D eigenvalue weighted by Gasteiger charge is -2.17. The summed E-state index contributed by atoms with van der Waals surface area (Å²) in [7, 11) is -1.91. The highest BCUT2D eigenvalue weighted by molar-refractivity contribution is 7.89. The van der Waals surface area contributed by atoms with Crippen LogP contribution in [0.5, 0.6) is 0 Å². The Morgan fingerprint density at radius 1 is 1.00 bits per heavy atom. The Kier molecular flexibility index (Phi) is 3.87. The third-order valence-corrected chi connectivity index (χ3v) is 4.65. The zero-order chi connectivity index (χ0) is 13.9. The Balaban J connectivity index is 2.22. The molecule has 0 amide bonds. The number of benzene rings is 2. The first-order valence-corrected chi connectivity index (χ1v) is 7.30. The van der Waals surface area contributed by atoms with Crippen molar-refractivity contribution in [2.45, 2.75) is 11.4 Å². The molecular weight excluding hydrogens is 260 g/mol. The van der Waals surface area contributed by atoms with Crippen LogP contribution >= 0.6 is 0 Å². The maximum absolute atomic E-state index is 12.3. The molecule has 0 heterocycles. The molecule has 0 aliphatic carbocycles. The lowest BCUT2D eigenvalue weighted by atomic mass is 10.2. The summed E-state index contributed by atoms with van der Waals surface area (Å²) in [6, 6.07) is 15.7. The van der Waals surface area contributed by atoms with Crippen LogP contribution in [0, 0.1) is 0 Å². The van der Waals surface area contributed by atoms with Crippen molar-refractivity contribution in [3.8, 4) is 0 Å². The predicted molar refractivity (Wildman–Crippen MR) is 75.9 cm³/mol. The van der Waals surface area contributed by atoms with E-state index >= 15 is 0 Å². The molecule has 0 bridgehead atoms. The minimum Gasteiger partial charge on any atom is -0.399 e. The van der Waals surface area contributed by atoms with Crippen LogP contribution in [0.15, 0.2) is 59.5 Å². The zero-order valence-electron chi connectivity index (χ0n) is 10.7. The molecule has 0 aliphatic rings. The topological polar surface area (TPSA) is 63.4 Å². The van der Waals surface area contributed by atoms with Gasteiger partial charge in [-0.15, -0.1) is 0 Å². The van der Waals surface area contributed by atoms with Gasteiger partial charge in [-0.3, -0.25) is 0 Å². The molecule has 0 radical (unpaired) electrons. The Morgan fingerprint density at radius 3 is 2.16 bits per heavy atom. The summed E-state index contributed by atoms with van der Waals surface area (Å²) in [6.07, 6.45) is 0. The van der Waals surface area contributed by atoms with E-state index in [9.17, 15) is 8.42 Å². The fourth-order valence-corrected chi connectivity index (χ4v) is 2.90. The van der Waals surface area contributed by atoms with Crippen LogP contribution in [0.1, 0.15) is 5.56 Å². The third kappa shape index (κ3) is 3.13. The monoisotopic (exact) mass is 276 g/mol. The highest BCUT2D eigenvalue weighted by atomic mass is 32.2. The third-order valence-electron chi connectivity index (χ3n) is 2.84. The van der Waals surface area contributed by atoms with E-state index in [1.165, 1.54) is 16.4 Å². The highest BCUT2D eigenvalue weighted by Gasteiger charge is 2.20. The lowest BCUT2D eigenvalue weighted by molar-refractivity contribution is 0.467. The maximum atomic E-state index is 12.3. The maximum Gasteiger partial charge on any atom is 0.243 e. The number of nitrogens with zero attached hydrogens (tertiary/aromatic N) is 1. The lowest BCUT2D eigenvalue weighted by Crippen LogP contribution is -2.26. The molecule has 0 fully saturated rings. The van der Waals surface area contributed by atoms with Gasteiger partial charge in [0.1, 0.15) is 0 Å². The molecule has 0 aliphatic heterocycles. The molecule has 0 atom stereocenters. The first-order valence-electron chi connectivity index (χ1n) is 5.86. The smallest absolute Gasteiger partial charge is 0.243 e. The van der Waals surface area contributed by atoms with Crippen molar-refractivity contribution in [2.24, 2.45) is 0 Å². The summed E-state index contributed by atoms with van der Waals surface area (Å²) in [5.74, 6) is 0. The van der Waals surface area contributed by atoms with E-state index in [1.54, 1.807) is 19.2 Å². The van der Waals surface area contributed by atoms with E-state index in [2.05, 4.69) is 0 Å². The van der Waals surface area contributed by atoms with Crippen LogP contribution in [-0.2, 0) is 16.6 Å². The number of anilines is 1. The normalized spacial score (nSPS) is 11.7. The van der Waals surface area contributed by atoms with Gasteiger partial charge in [0.15, 0.2) is 0 Å². The number of sulfonamides is 1. The molecule has 0 saturated heterocycles. The molecule has 0 spiro atoms. The predicted octanol–water partition coefficient (Wildman–Crippen LogP) is 2.09. The van der Waals surface area contributed by atoms with Crippen LogP contribution < -0.4 is 5.73 Å². The van der Waals surface area contributed by atoms with Crippen molar-refractivity contribution in [2.75, 3.05) is 12.8 Å². The van der Waals surface area contributed by atoms with Gasteiger partial charge < -0.3 is 5.73 Å². The summed E-state index contributed by atoms with van der Waals surface area (Å²) in [6.45, 7) is 0.341. The van der Waals surface area contributed by atoms with Crippen molar-refractivity contribution < 1.29 is 8.42 Å². The first kappa shape index (κ1) is 13.6. The molecule has 2 aromatic rings. The summed E-state index contributed by atoms with van der Waals surface area (Å²) < 4.78 is 26.0. The quantitative estimate of drug-likeness (QED) is 0.870. The molecule has 0 unspecified atom stereocenters. The molecule has 19 heavy (non-hydrogen) atoms. The summed E-state index contributed by atoms with van der Waals surface area (Å²) in [5.41, 5.74) is 7.06. The standard InChI is InChI=1S/C14H16N2O2S/c1-16(11-12-5-3-2-4-6-12)19(17,18)14-9-7-13(15)8-10-14/h2-10H,11,15H2,1H3. The van der Waals surface area contributed by atoms with Crippen LogP contribution in [0.4, 0.5) is 5.69 Å². The molecule has 4 nitrogen and oxygen atoms in total. The van der Waals surface area contributed by atoms with Crippen molar-refractivity contribution in [3.05, 3.63) is 60.2 Å². The molecule has 2 aromatic carbocycles. The molecular formula is C14H16N2O2S. The second kappa shape index (κ2) is 5.42. The fraction of sp³-hybridized carbons (Fsp3) is 0.143. The summed E-state index contributed by atoms with van der Waals surface area (Å²) >= 11 is 0. The molecule has 5 heteroatoms. The number of nitrogen functional groups attached to an aromatic ring is 1. The van der Waals surface area contributed by atoms with E-state index in [4.69, 9.17) is 5.73 Å². The van der Waals surface area contributed by atoms with Crippen molar-refractivity contribution >= 4 is 15.7 Å². The van der Waals surface area contributed by atoms with Crippen LogP contribution in [-0.4, -0.2) is 19.8 Å². The van der Waals surface area contributed by atoms with Gasteiger partial charge in [-0.1, -0.05) is 30.3 Å². The minimum absolute atomic E-state index is 0.250. The Labute approximate surface area is 113 Å². The van der Waals surface area contributed by atoms with E-state index in [0.29, 0.717) is 12.2 Å². The highest BCUT2D eigenvalue weighted by Crippen LogP contribution is 2.17. The summed E-state index contributed by atoms with van der Waals surface area (Å²) in [5, 5.41) is 0. The number of hydrogen-bond acceptors (Lipinski definition) is 3. The largest absolute Gasteiger partial charge is 0.399 e. The summed E-state index contributed by atoms with van der Waals surface area (Å²) in [4.78, 5) is 0.250. The molecule has 0 aromatic heterocycles. The average molecular weight is 276 g/mol. The van der Waals surface area contributed by atoms with E-state index < -0.39 is 10.0 Å². The van der Waals surface area contributed by atoms with Gasteiger partial charge in [-0.2, -0.15) is 4.31 Å². The van der Waals surface area contributed by atoms with E-state index in [-0.39, 0.29) is 4.90 Å². The van der Waals surface area contributed by atoms with Crippen molar-refractivity contribution in [3.63, 3.8) is 0 Å². The Morgan fingerprint density at radius 2 is 1.58 bits per heavy atom. The number of rotatable bonds is 4. The van der Waals surface area contributed by atoms with Gasteiger partial charge in [0.05, 0.1) is 4.90 Å². The van der Waals surface area contributed by atoms with Gasteiger partial charge in [0, 0.05) is 19.3 Å². The Bertz CT molecular complexity index is 637. The van der Waals surface area contributed by atoms with Crippen molar-refractivity contribution in [1.82, 2.24) is 4.31 Å². The van der Waals surface area contributed by atoms with Gasteiger partial charge in [-0.05, 0) is 29.8 Å². The minimum atomic E-state index is -3.48. The van der Waals surface area contributed by atoms with Crippen LogP contribution in [0.3, 0.4) is 0 Å². The zero-order valence-corrected chi connectivity index (χ0v) is 11.5. The first-order chi connectivity index (χ1) is 9.00. The van der Waals surface area contributed by atoms with Crippen LogP contribution in [0.2, 0.25) is 0 Å². The second-order valence-corrected chi connectivity index (χ2v) is 6.36. The fourth-order valence-electron chi connectivity index (χ4n) is 1.75. The molecule has 2 N–H and O–H groups in total. The SMILES string of the molecule is CN(Cc1ccccc1)S(=O)(=O)c1ccc(N)cc1. The average Bonchev–Trinajstić information content (AvgIpc) is 2.40. The van der Waals surface area contributed by atoms with Gasteiger partial charge in [0.25, 0.3) is 0 Å². The number of nitrogens with two attached hydrogens (primary N) is 1. The number of hydrogen-bond donors (Lipinski definition) is 1. The van der Waals surface area contributed by atoms with Crippen LogP contribution in [0.25, 0.3) is 0 Å². The molecule has 100 valence electrons. The van der Waals surface area contributed by atoms with Crippen molar-refractivity contribution in [1.29, 1.82) is 0 Å². The van der Waals surface area contributed by atoms with E-state index in [1.807, 2.05) is 30.3 Å².